The molecular formula is C13H18N2O. The van der Waals surface area contributed by atoms with Gasteiger partial charge in [-0.05, 0) is 37.1 Å². The Hall–Kier alpha value is -1.37. The van der Waals surface area contributed by atoms with Crippen molar-refractivity contribution in [3.05, 3.63) is 34.9 Å². The molecule has 0 aliphatic heterocycles. The largest absolute Gasteiger partial charge is 0.383 e. The van der Waals surface area contributed by atoms with E-state index in [-0.39, 0.29) is 0 Å². The van der Waals surface area contributed by atoms with E-state index in [1.54, 1.807) is 7.11 Å². The van der Waals surface area contributed by atoms with Crippen molar-refractivity contribution in [1.29, 1.82) is 5.26 Å². The zero-order valence-corrected chi connectivity index (χ0v) is 10.1. The van der Waals surface area contributed by atoms with Crippen LogP contribution in [-0.2, 0) is 11.3 Å². The van der Waals surface area contributed by atoms with E-state index in [4.69, 9.17) is 10.00 Å². The van der Waals surface area contributed by atoms with E-state index in [2.05, 4.69) is 18.3 Å². The van der Waals surface area contributed by atoms with Crippen LogP contribution in [0.25, 0.3) is 0 Å². The lowest BCUT2D eigenvalue weighted by Crippen LogP contribution is -2.29. The quantitative estimate of drug-likeness (QED) is 0.822. The summed E-state index contributed by atoms with van der Waals surface area (Å²) < 4.78 is 5.05. The summed E-state index contributed by atoms with van der Waals surface area (Å²) in [5, 5.41) is 12.1. The summed E-state index contributed by atoms with van der Waals surface area (Å²) in [4.78, 5) is 0. The zero-order valence-electron chi connectivity index (χ0n) is 10.1. The molecule has 3 heteroatoms. The van der Waals surface area contributed by atoms with E-state index >= 15 is 0 Å². The highest BCUT2D eigenvalue weighted by Crippen LogP contribution is 2.10. The number of methoxy groups -OCH3 is 1. The summed E-state index contributed by atoms with van der Waals surface area (Å²) in [6.45, 7) is 5.62. The Morgan fingerprint density at radius 1 is 1.50 bits per heavy atom. The molecule has 0 saturated heterocycles. The fourth-order valence-corrected chi connectivity index (χ4v) is 1.56. The zero-order chi connectivity index (χ0) is 12.0. The molecule has 86 valence electrons. The molecule has 16 heavy (non-hydrogen) atoms. The van der Waals surface area contributed by atoms with E-state index < -0.39 is 0 Å². The van der Waals surface area contributed by atoms with Gasteiger partial charge < -0.3 is 10.1 Å². The van der Waals surface area contributed by atoms with Gasteiger partial charge in [-0.25, -0.2) is 0 Å². The van der Waals surface area contributed by atoms with Crippen molar-refractivity contribution in [2.75, 3.05) is 13.7 Å². The molecule has 0 heterocycles. The normalized spacial score (nSPS) is 12.1. The van der Waals surface area contributed by atoms with Gasteiger partial charge in [0.05, 0.1) is 18.2 Å². The minimum atomic E-state index is 0.333. The molecule has 0 fully saturated rings. The van der Waals surface area contributed by atoms with E-state index in [0.29, 0.717) is 18.2 Å². The fraction of sp³-hybridized carbons (Fsp3) is 0.462. The molecule has 1 unspecified atom stereocenters. The van der Waals surface area contributed by atoms with Crippen molar-refractivity contribution in [2.24, 2.45) is 0 Å². The summed E-state index contributed by atoms with van der Waals surface area (Å²) in [5.74, 6) is 0. The van der Waals surface area contributed by atoms with Crippen molar-refractivity contribution < 1.29 is 4.74 Å². The Bertz CT molecular complexity index is 382. The topological polar surface area (TPSA) is 45.0 Å². The smallest absolute Gasteiger partial charge is 0.0991 e. The summed E-state index contributed by atoms with van der Waals surface area (Å²) in [5.41, 5.74) is 3.09. The summed E-state index contributed by atoms with van der Waals surface area (Å²) in [7, 11) is 1.70. The number of nitrogens with zero attached hydrogens (tertiary/aromatic N) is 1. The first-order chi connectivity index (χ1) is 7.67. The highest BCUT2D eigenvalue weighted by Gasteiger charge is 2.03. The Morgan fingerprint density at radius 3 is 2.81 bits per heavy atom. The first-order valence-corrected chi connectivity index (χ1v) is 5.39. The molecule has 0 radical (unpaired) electrons. The fourth-order valence-electron chi connectivity index (χ4n) is 1.56. The molecule has 1 aromatic carbocycles. The number of hydrogen-bond acceptors (Lipinski definition) is 3. The van der Waals surface area contributed by atoms with Crippen LogP contribution in [0.3, 0.4) is 0 Å². The van der Waals surface area contributed by atoms with Crippen molar-refractivity contribution in [1.82, 2.24) is 5.32 Å². The van der Waals surface area contributed by atoms with Crippen LogP contribution in [-0.4, -0.2) is 19.8 Å². The summed E-state index contributed by atoms with van der Waals surface area (Å²) >= 11 is 0. The second-order valence-corrected chi connectivity index (χ2v) is 3.99. The second-order valence-electron chi connectivity index (χ2n) is 3.99. The first-order valence-electron chi connectivity index (χ1n) is 5.39. The molecule has 1 atom stereocenters. The molecule has 0 spiro atoms. The molecule has 0 aromatic heterocycles. The average molecular weight is 218 g/mol. The Balaban J connectivity index is 2.58. The van der Waals surface area contributed by atoms with E-state index in [9.17, 15) is 0 Å². The van der Waals surface area contributed by atoms with Crippen LogP contribution in [0.1, 0.15) is 23.6 Å². The van der Waals surface area contributed by atoms with Gasteiger partial charge in [0.15, 0.2) is 0 Å². The predicted molar refractivity (Wildman–Crippen MR) is 64.1 cm³/mol. The van der Waals surface area contributed by atoms with Crippen LogP contribution in [0.15, 0.2) is 18.2 Å². The Morgan fingerprint density at radius 2 is 2.25 bits per heavy atom. The molecule has 0 amide bonds. The van der Waals surface area contributed by atoms with Crippen molar-refractivity contribution in [3.63, 3.8) is 0 Å². The monoisotopic (exact) mass is 218 g/mol. The van der Waals surface area contributed by atoms with Gasteiger partial charge in [-0.1, -0.05) is 6.07 Å². The van der Waals surface area contributed by atoms with Crippen LogP contribution in [0.2, 0.25) is 0 Å². The van der Waals surface area contributed by atoms with Crippen LogP contribution < -0.4 is 5.32 Å². The molecule has 1 aromatic rings. The lowest BCUT2D eigenvalue weighted by atomic mass is 10.1. The molecule has 1 rings (SSSR count). The third-order valence-electron chi connectivity index (χ3n) is 2.53. The van der Waals surface area contributed by atoms with E-state index in [0.717, 1.165) is 12.1 Å². The summed E-state index contributed by atoms with van der Waals surface area (Å²) in [6.07, 6.45) is 0. The minimum Gasteiger partial charge on any atom is -0.383 e. The SMILES string of the molecule is COCC(C)NCc1ccc(C#N)cc1C. The lowest BCUT2D eigenvalue weighted by molar-refractivity contribution is 0.171. The Kier molecular flexibility index (Phi) is 4.97. The maximum Gasteiger partial charge on any atom is 0.0991 e. The number of aryl methyl sites for hydroxylation is 1. The number of ether oxygens (including phenoxy) is 1. The van der Waals surface area contributed by atoms with Gasteiger partial charge in [0, 0.05) is 19.7 Å². The molecule has 1 N–H and O–H groups in total. The van der Waals surface area contributed by atoms with Gasteiger partial charge in [-0.2, -0.15) is 5.26 Å². The van der Waals surface area contributed by atoms with Crippen LogP contribution >= 0.6 is 0 Å². The average Bonchev–Trinajstić information content (AvgIpc) is 2.27. The highest BCUT2D eigenvalue weighted by molar-refractivity contribution is 5.37. The van der Waals surface area contributed by atoms with Crippen LogP contribution in [0.5, 0.6) is 0 Å². The lowest BCUT2D eigenvalue weighted by Gasteiger charge is -2.14. The third kappa shape index (κ3) is 3.65. The van der Waals surface area contributed by atoms with Crippen molar-refractivity contribution >= 4 is 0 Å². The van der Waals surface area contributed by atoms with Crippen molar-refractivity contribution in [2.45, 2.75) is 26.4 Å². The standard InChI is InChI=1S/C13H18N2O/c1-10-6-12(7-14)4-5-13(10)8-15-11(2)9-16-3/h4-6,11,15H,8-9H2,1-3H3. The molecule has 0 aliphatic rings. The first kappa shape index (κ1) is 12.7. The van der Waals surface area contributed by atoms with Crippen molar-refractivity contribution in [3.8, 4) is 6.07 Å². The van der Waals surface area contributed by atoms with Gasteiger partial charge >= 0.3 is 0 Å². The second kappa shape index (κ2) is 6.26. The van der Waals surface area contributed by atoms with Gasteiger partial charge in [-0.15, -0.1) is 0 Å². The summed E-state index contributed by atoms with van der Waals surface area (Å²) in [6, 6.07) is 8.24. The number of nitriles is 1. The van der Waals surface area contributed by atoms with Gasteiger partial charge in [0.2, 0.25) is 0 Å². The predicted octanol–water partition coefficient (Wildman–Crippen LogP) is 1.99. The molecule has 0 aliphatic carbocycles. The Labute approximate surface area is 97.0 Å². The number of hydrogen-bond donors (Lipinski definition) is 1. The van der Waals surface area contributed by atoms with E-state index in [1.807, 2.05) is 25.1 Å². The van der Waals surface area contributed by atoms with Crippen LogP contribution in [0.4, 0.5) is 0 Å². The van der Waals surface area contributed by atoms with Gasteiger partial charge in [0.25, 0.3) is 0 Å². The number of benzene rings is 1. The van der Waals surface area contributed by atoms with Crippen LogP contribution in [0, 0.1) is 18.3 Å². The molecule has 0 saturated carbocycles. The number of rotatable bonds is 5. The van der Waals surface area contributed by atoms with E-state index in [1.165, 1.54) is 5.56 Å². The van der Waals surface area contributed by atoms with Gasteiger partial charge in [-0.3, -0.25) is 0 Å². The molecule has 3 nitrogen and oxygen atoms in total. The minimum absolute atomic E-state index is 0.333. The third-order valence-corrected chi connectivity index (χ3v) is 2.53. The molecule has 0 bridgehead atoms. The molecular weight excluding hydrogens is 200 g/mol. The van der Waals surface area contributed by atoms with Gasteiger partial charge in [0.1, 0.15) is 0 Å². The highest BCUT2D eigenvalue weighted by atomic mass is 16.5. The maximum absolute atomic E-state index is 8.76. The maximum atomic E-state index is 8.76. The number of nitrogens with one attached hydrogen (secondary N) is 1.